The van der Waals surface area contributed by atoms with Crippen LogP contribution in [0.25, 0.3) is 16.7 Å². The second-order valence-corrected chi connectivity index (χ2v) is 9.03. The molecule has 3 aliphatic rings. The Morgan fingerprint density at radius 2 is 1.80 bits per heavy atom. The first-order valence-electron chi connectivity index (χ1n) is 11.4. The third-order valence-electron chi connectivity index (χ3n) is 7.17. The molecule has 180 valence electrons. The third kappa shape index (κ3) is 3.36. The number of methoxy groups -OCH3 is 1. The predicted molar refractivity (Wildman–Crippen MR) is 126 cm³/mol. The maximum Gasteiger partial charge on any atom is 0.352 e. The summed E-state index contributed by atoms with van der Waals surface area (Å²) in [6.07, 6.45) is 0.584. The Hall–Kier alpha value is -3.91. The summed E-state index contributed by atoms with van der Waals surface area (Å²) < 4.78 is 11.0. The van der Waals surface area contributed by atoms with Crippen molar-refractivity contribution in [1.29, 1.82) is 0 Å². The topological polar surface area (TPSA) is 113 Å². The molecule has 1 fully saturated rings. The highest BCUT2D eigenvalue weighted by atomic mass is 16.5. The molecule has 0 spiro atoms. The van der Waals surface area contributed by atoms with Crippen LogP contribution < -0.4 is 4.74 Å². The lowest BCUT2D eigenvalue weighted by Gasteiger charge is -2.46. The van der Waals surface area contributed by atoms with E-state index in [1.54, 1.807) is 13.0 Å². The van der Waals surface area contributed by atoms with Crippen LogP contribution in [-0.2, 0) is 19.1 Å². The summed E-state index contributed by atoms with van der Waals surface area (Å²) >= 11 is 0. The number of carboxylic acids is 1. The standard InChI is InChI=1S/C27H25NO7/c1-13-19(25(27(32)33)28-24(13)22(14(2)29)26(28)31)12-35-20-10-6-9-17-18(11-21(30)34-3)15-7-4-5-8-16(15)23(17)20/h4-11,13-14,22,24,29H,12H2,1-3H3,(H,32,33)/t13-,14?,22?,24?/m0/s1. The number of aliphatic hydroxyl groups excluding tert-OH is 1. The van der Waals surface area contributed by atoms with Crippen molar-refractivity contribution in [3.05, 3.63) is 70.9 Å². The number of benzene rings is 2. The number of aliphatic hydroxyl groups is 1. The molecule has 1 aliphatic carbocycles. The number of carbonyl (C=O) groups excluding carboxylic acids is 2. The molecule has 2 aromatic carbocycles. The molecular weight excluding hydrogens is 450 g/mol. The van der Waals surface area contributed by atoms with Gasteiger partial charge in [-0.3, -0.25) is 4.79 Å². The molecule has 0 saturated carbocycles. The van der Waals surface area contributed by atoms with E-state index in [9.17, 15) is 24.6 Å². The second kappa shape index (κ2) is 8.39. The summed E-state index contributed by atoms with van der Waals surface area (Å²) in [5.74, 6) is -2.40. The van der Waals surface area contributed by atoms with Gasteiger partial charge in [0, 0.05) is 23.1 Å². The summed E-state index contributed by atoms with van der Waals surface area (Å²) in [6, 6.07) is 12.8. The van der Waals surface area contributed by atoms with Gasteiger partial charge in [0.2, 0.25) is 5.91 Å². The van der Waals surface area contributed by atoms with E-state index in [1.807, 2.05) is 43.3 Å². The van der Waals surface area contributed by atoms with Crippen molar-refractivity contribution >= 4 is 23.4 Å². The third-order valence-corrected chi connectivity index (χ3v) is 7.17. The minimum Gasteiger partial charge on any atom is -0.488 e. The minimum atomic E-state index is -1.19. The molecule has 2 aromatic rings. The molecule has 4 atom stereocenters. The monoisotopic (exact) mass is 475 g/mol. The lowest BCUT2D eigenvalue weighted by molar-refractivity contribution is -0.163. The number of rotatable bonds is 6. The normalized spacial score (nSPS) is 24.0. The minimum absolute atomic E-state index is 0.0235. The molecule has 35 heavy (non-hydrogen) atoms. The number of hydrogen-bond donors (Lipinski definition) is 2. The van der Waals surface area contributed by atoms with Crippen molar-refractivity contribution in [3.63, 3.8) is 0 Å². The van der Waals surface area contributed by atoms with Gasteiger partial charge >= 0.3 is 11.9 Å². The van der Waals surface area contributed by atoms with Gasteiger partial charge in [-0.05, 0) is 35.3 Å². The number of ether oxygens (including phenoxy) is 2. The van der Waals surface area contributed by atoms with Gasteiger partial charge in [-0.25, -0.2) is 9.59 Å². The molecule has 8 nitrogen and oxygen atoms in total. The largest absolute Gasteiger partial charge is 0.488 e. The number of carboxylic acid groups (broad SMARTS) is 1. The van der Waals surface area contributed by atoms with Crippen LogP contribution in [0.3, 0.4) is 0 Å². The summed E-state index contributed by atoms with van der Waals surface area (Å²) in [4.78, 5) is 38.0. The molecule has 2 N–H and O–H groups in total. The van der Waals surface area contributed by atoms with Gasteiger partial charge in [-0.1, -0.05) is 43.3 Å². The maximum atomic E-state index is 12.6. The first-order valence-corrected chi connectivity index (χ1v) is 11.4. The van der Waals surface area contributed by atoms with Gasteiger partial charge in [-0.2, -0.15) is 0 Å². The number of amides is 1. The zero-order valence-corrected chi connectivity index (χ0v) is 19.5. The van der Waals surface area contributed by atoms with Crippen molar-refractivity contribution in [2.45, 2.75) is 26.0 Å². The number of aliphatic carboxylic acids is 1. The van der Waals surface area contributed by atoms with Crippen molar-refractivity contribution in [1.82, 2.24) is 4.90 Å². The predicted octanol–water partition coefficient (Wildman–Crippen LogP) is 2.85. The van der Waals surface area contributed by atoms with Crippen LogP contribution in [0.2, 0.25) is 0 Å². The van der Waals surface area contributed by atoms with Crippen LogP contribution >= 0.6 is 0 Å². The second-order valence-electron chi connectivity index (χ2n) is 9.03. The van der Waals surface area contributed by atoms with Crippen LogP contribution in [-0.4, -0.2) is 58.8 Å². The summed E-state index contributed by atoms with van der Waals surface area (Å²) in [5, 5.41) is 19.9. The smallest absolute Gasteiger partial charge is 0.352 e. The molecule has 0 radical (unpaired) electrons. The van der Waals surface area contributed by atoms with Crippen LogP contribution in [0.5, 0.6) is 5.75 Å². The number of nitrogens with zero attached hydrogens (tertiary/aromatic N) is 1. The molecule has 2 aliphatic heterocycles. The lowest BCUT2D eigenvalue weighted by Crippen LogP contribution is -2.63. The van der Waals surface area contributed by atoms with Crippen LogP contribution in [0, 0.1) is 11.8 Å². The van der Waals surface area contributed by atoms with E-state index >= 15 is 0 Å². The molecular formula is C27H25NO7. The molecule has 3 unspecified atom stereocenters. The van der Waals surface area contributed by atoms with Gasteiger partial charge in [0.05, 0.1) is 25.2 Å². The van der Waals surface area contributed by atoms with E-state index in [2.05, 4.69) is 0 Å². The molecule has 0 aromatic heterocycles. The van der Waals surface area contributed by atoms with Crippen LogP contribution in [0.1, 0.15) is 25.0 Å². The van der Waals surface area contributed by atoms with Crippen molar-refractivity contribution in [2.24, 2.45) is 11.8 Å². The fourth-order valence-corrected chi connectivity index (χ4v) is 5.56. The van der Waals surface area contributed by atoms with E-state index in [0.717, 1.165) is 27.8 Å². The SMILES string of the molecule is COC(=O)C=C1c2ccccc2-c2c(OCC3=C(C(=O)O)N4C(=O)C(C(C)O)C4[C@H]3C)cccc21. The summed E-state index contributed by atoms with van der Waals surface area (Å²) in [7, 11) is 1.33. The Morgan fingerprint density at radius 1 is 1.11 bits per heavy atom. The Labute approximate surface area is 202 Å². The summed E-state index contributed by atoms with van der Waals surface area (Å²) in [5.41, 5.74) is 4.56. The van der Waals surface area contributed by atoms with Crippen LogP contribution in [0.15, 0.2) is 59.8 Å². The van der Waals surface area contributed by atoms with E-state index in [4.69, 9.17) is 9.47 Å². The van der Waals surface area contributed by atoms with Crippen molar-refractivity contribution in [3.8, 4) is 16.9 Å². The highest BCUT2D eigenvalue weighted by molar-refractivity contribution is 6.08. The average molecular weight is 475 g/mol. The first-order chi connectivity index (χ1) is 16.8. The fourth-order valence-electron chi connectivity index (χ4n) is 5.56. The zero-order chi connectivity index (χ0) is 25.0. The lowest BCUT2D eigenvalue weighted by atomic mass is 9.78. The molecule has 2 heterocycles. The van der Waals surface area contributed by atoms with Gasteiger partial charge in [0.1, 0.15) is 18.1 Å². The van der Waals surface area contributed by atoms with E-state index in [1.165, 1.54) is 18.1 Å². The number of hydrogen-bond acceptors (Lipinski definition) is 6. The molecule has 1 saturated heterocycles. The Kier molecular flexibility index (Phi) is 5.48. The molecule has 1 amide bonds. The first kappa shape index (κ1) is 22.9. The van der Waals surface area contributed by atoms with Gasteiger partial charge in [0.15, 0.2) is 0 Å². The van der Waals surface area contributed by atoms with E-state index in [-0.39, 0.29) is 24.1 Å². The number of fused-ring (bicyclic) bond motifs is 4. The van der Waals surface area contributed by atoms with Crippen molar-refractivity contribution in [2.75, 3.05) is 13.7 Å². The van der Waals surface area contributed by atoms with Crippen LogP contribution in [0.4, 0.5) is 0 Å². The highest BCUT2D eigenvalue weighted by Crippen LogP contribution is 2.50. The zero-order valence-electron chi connectivity index (χ0n) is 19.5. The van der Waals surface area contributed by atoms with Crippen molar-refractivity contribution < 1.29 is 34.1 Å². The highest BCUT2D eigenvalue weighted by Gasteiger charge is 2.59. The molecule has 0 bridgehead atoms. The fraction of sp³-hybridized carbons (Fsp3) is 0.296. The van der Waals surface area contributed by atoms with Gasteiger partial charge in [0.25, 0.3) is 0 Å². The number of carbonyl (C=O) groups is 3. The summed E-state index contributed by atoms with van der Waals surface area (Å²) in [6.45, 7) is 3.38. The van der Waals surface area contributed by atoms with E-state index < -0.39 is 30.0 Å². The quantitative estimate of drug-likeness (QED) is 0.320. The Balaban J connectivity index is 1.52. The molecule has 8 heteroatoms. The number of esters is 1. The molecule has 5 rings (SSSR count). The van der Waals surface area contributed by atoms with Gasteiger partial charge in [-0.15, -0.1) is 0 Å². The van der Waals surface area contributed by atoms with Gasteiger partial charge < -0.3 is 24.6 Å². The number of β-lactam (4-membered cyclic amide) rings is 1. The van der Waals surface area contributed by atoms with E-state index in [0.29, 0.717) is 11.3 Å². The Morgan fingerprint density at radius 3 is 2.46 bits per heavy atom. The average Bonchev–Trinajstić information content (AvgIpc) is 3.27. The Bertz CT molecular complexity index is 1320. The maximum absolute atomic E-state index is 12.6.